The standard InChI is InChI=1S/C19H26BCl2N3O5/c1-4-19(18(27)24-16(20(28)29)7-11(2)3)9-13(25-30-19)10-23-17(26)14-8-12(21)5-6-15(14)22/h5-6,8,11,16,28-29H,4,7,9-10H2,1-3H3,(H,23,26)(H,24,27). The first-order chi connectivity index (χ1) is 14.1. The number of rotatable bonds is 9. The minimum Gasteiger partial charge on any atom is -0.426 e. The van der Waals surface area contributed by atoms with E-state index < -0.39 is 30.5 Å². The van der Waals surface area contributed by atoms with Crippen LogP contribution in [0, 0.1) is 5.92 Å². The van der Waals surface area contributed by atoms with E-state index >= 15 is 0 Å². The number of hydrogen-bond donors (Lipinski definition) is 4. The average molecular weight is 458 g/mol. The number of benzene rings is 1. The van der Waals surface area contributed by atoms with Gasteiger partial charge in [0, 0.05) is 11.4 Å². The Morgan fingerprint density at radius 2 is 2.03 bits per heavy atom. The van der Waals surface area contributed by atoms with Crippen molar-refractivity contribution in [2.24, 2.45) is 11.1 Å². The van der Waals surface area contributed by atoms with Gasteiger partial charge in [-0.1, -0.05) is 49.1 Å². The van der Waals surface area contributed by atoms with Gasteiger partial charge in [-0.2, -0.15) is 0 Å². The molecule has 30 heavy (non-hydrogen) atoms. The van der Waals surface area contributed by atoms with Gasteiger partial charge in [0.1, 0.15) is 0 Å². The Morgan fingerprint density at radius 1 is 1.33 bits per heavy atom. The van der Waals surface area contributed by atoms with E-state index in [-0.39, 0.29) is 29.5 Å². The second kappa shape index (κ2) is 10.5. The van der Waals surface area contributed by atoms with Gasteiger partial charge in [-0.25, -0.2) is 0 Å². The van der Waals surface area contributed by atoms with Crippen LogP contribution in [-0.4, -0.2) is 52.8 Å². The Morgan fingerprint density at radius 3 is 2.63 bits per heavy atom. The van der Waals surface area contributed by atoms with Crippen LogP contribution < -0.4 is 10.6 Å². The van der Waals surface area contributed by atoms with Crippen LogP contribution in [0.15, 0.2) is 23.4 Å². The molecule has 1 aliphatic rings. The predicted octanol–water partition coefficient (Wildman–Crippen LogP) is 2.19. The maximum Gasteiger partial charge on any atom is 0.475 e. The molecule has 4 N–H and O–H groups in total. The Balaban J connectivity index is 1.99. The van der Waals surface area contributed by atoms with Crippen LogP contribution in [0.3, 0.4) is 0 Å². The monoisotopic (exact) mass is 457 g/mol. The zero-order valence-corrected chi connectivity index (χ0v) is 18.6. The number of amides is 2. The summed E-state index contributed by atoms with van der Waals surface area (Å²) in [5.74, 6) is -1.58. The fraction of sp³-hybridized carbons (Fsp3) is 0.526. The van der Waals surface area contributed by atoms with Gasteiger partial charge in [0.15, 0.2) is 0 Å². The molecule has 164 valence electrons. The quantitative estimate of drug-likeness (QED) is 0.423. The number of halogens is 2. The van der Waals surface area contributed by atoms with Crippen LogP contribution in [0.25, 0.3) is 0 Å². The Bertz CT molecular complexity index is 821. The van der Waals surface area contributed by atoms with E-state index in [2.05, 4.69) is 15.8 Å². The summed E-state index contributed by atoms with van der Waals surface area (Å²) in [6, 6.07) is 4.58. The molecule has 1 aliphatic heterocycles. The molecule has 0 aromatic heterocycles. The second-order valence-corrected chi connectivity index (χ2v) is 8.55. The third-order valence-corrected chi connectivity index (χ3v) is 5.42. The highest BCUT2D eigenvalue weighted by atomic mass is 35.5. The summed E-state index contributed by atoms with van der Waals surface area (Å²) in [5, 5.41) is 29.1. The van der Waals surface area contributed by atoms with Gasteiger partial charge in [0.05, 0.1) is 28.8 Å². The lowest BCUT2D eigenvalue weighted by Crippen LogP contribution is -2.55. The molecule has 0 fully saturated rings. The van der Waals surface area contributed by atoms with E-state index in [0.29, 0.717) is 23.6 Å². The van der Waals surface area contributed by atoms with Gasteiger partial charge >= 0.3 is 7.12 Å². The summed E-state index contributed by atoms with van der Waals surface area (Å²) in [6.07, 6.45) is 0.873. The lowest BCUT2D eigenvalue weighted by molar-refractivity contribution is -0.144. The number of carbonyl (C=O) groups excluding carboxylic acids is 2. The zero-order valence-electron chi connectivity index (χ0n) is 17.1. The molecule has 0 saturated carbocycles. The molecule has 1 aromatic carbocycles. The van der Waals surface area contributed by atoms with Gasteiger partial charge in [-0.05, 0) is 37.0 Å². The van der Waals surface area contributed by atoms with Crippen molar-refractivity contribution in [2.45, 2.75) is 51.6 Å². The minimum absolute atomic E-state index is 0.0642. The molecule has 2 unspecified atom stereocenters. The molecule has 1 heterocycles. The van der Waals surface area contributed by atoms with E-state index in [1.165, 1.54) is 12.1 Å². The van der Waals surface area contributed by atoms with Gasteiger partial charge in [0.2, 0.25) is 5.60 Å². The van der Waals surface area contributed by atoms with E-state index in [4.69, 9.17) is 28.0 Å². The predicted molar refractivity (Wildman–Crippen MR) is 117 cm³/mol. The van der Waals surface area contributed by atoms with Gasteiger partial charge < -0.3 is 25.5 Å². The normalized spacial score (nSPS) is 19.1. The van der Waals surface area contributed by atoms with Crippen molar-refractivity contribution in [3.8, 4) is 0 Å². The van der Waals surface area contributed by atoms with Crippen LogP contribution in [0.1, 0.15) is 50.4 Å². The lowest BCUT2D eigenvalue weighted by Gasteiger charge is -2.28. The summed E-state index contributed by atoms with van der Waals surface area (Å²) < 4.78 is 0. The van der Waals surface area contributed by atoms with Crippen molar-refractivity contribution >= 4 is 47.8 Å². The molecular formula is C19H26BCl2N3O5. The second-order valence-electron chi connectivity index (χ2n) is 7.70. The van der Waals surface area contributed by atoms with Crippen molar-refractivity contribution in [1.29, 1.82) is 0 Å². The molecule has 0 spiro atoms. The van der Waals surface area contributed by atoms with Crippen LogP contribution >= 0.6 is 23.2 Å². The Kier molecular flexibility index (Phi) is 8.55. The summed E-state index contributed by atoms with van der Waals surface area (Å²) in [6.45, 7) is 5.67. The smallest absolute Gasteiger partial charge is 0.426 e. The summed E-state index contributed by atoms with van der Waals surface area (Å²) in [7, 11) is -1.69. The van der Waals surface area contributed by atoms with E-state index in [1.807, 2.05) is 13.8 Å². The maximum absolute atomic E-state index is 12.8. The van der Waals surface area contributed by atoms with Crippen molar-refractivity contribution in [1.82, 2.24) is 10.6 Å². The van der Waals surface area contributed by atoms with Crippen molar-refractivity contribution in [2.75, 3.05) is 6.54 Å². The van der Waals surface area contributed by atoms with E-state index in [1.54, 1.807) is 13.0 Å². The van der Waals surface area contributed by atoms with Crippen LogP contribution in [-0.2, 0) is 9.63 Å². The summed E-state index contributed by atoms with van der Waals surface area (Å²) >= 11 is 11.9. The zero-order chi connectivity index (χ0) is 22.5. The minimum atomic E-state index is -1.69. The third-order valence-electron chi connectivity index (χ3n) is 4.85. The van der Waals surface area contributed by atoms with Crippen molar-refractivity contribution in [3.05, 3.63) is 33.8 Å². The average Bonchev–Trinajstić information content (AvgIpc) is 3.12. The molecule has 0 aliphatic carbocycles. The van der Waals surface area contributed by atoms with E-state index in [0.717, 1.165) is 0 Å². The largest absolute Gasteiger partial charge is 0.475 e. The highest BCUT2D eigenvalue weighted by molar-refractivity contribution is 6.43. The highest BCUT2D eigenvalue weighted by Crippen LogP contribution is 2.28. The van der Waals surface area contributed by atoms with Crippen molar-refractivity contribution in [3.63, 3.8) is 0 Å². The van der Waals surface area contributed by atoms with Crippen molar-refractivity contribution < 1.29 is 24.5 Å². The molecule has 2 amide bonds. The maximum atomic E-state index is 12.8. The summed E-state index contributed by atoms with van der Waals surface area (Å²) in [5.41, 5.74) is -0.558. The molecule has 0 saturated heterocycles. The van der Waals surface area contributed by atoms with Crippen LogP contribution in [0.2, 0.25) is 10.0 Å². The molecule has 2 atom stereocenters. The molecule has 0 radical (unpaired) electrons. The fourth-order valence-electron chi connectivity index (χ4n) is 3.12. The number of carbonyl (C=O) groups is 2. The number of hydrogen-bond acceptors (Lipinski definition) is 6. The fourth-order valence-corrected chi connectivity index (χ4v) is 3.50. The first-order valence-electron chi connectivity index (χ1n) is 9.72. The highest BCUT2D eigenvalue weighted by Gasteiger charge is 2.46. The molecular weight excluding hydrogens is 432 g/mol. The number of oxime groups is 1. The molecule has 1 aromatic rings. The van der Waals surface area contributed by atoms with E-state index in [9.17, 15) is 19.6 Å². The van der Waals surface area contributed by atoms with Gasteiger partial charge in [-0.3, -0.25) is 9.59 Å². The Hall–Kier alpha value is -1.81. The number of nitrogens with one attached hydrogen (secondary N) is 2. The topological polar surface area (TPSA) is 120 Å². The first kappa shape index (κ1) is 24.5. The Labute approximate surface area is 186 Å². The SMILES string of the molecule is CCC1(C(=O)NC(CC(C)C)B(O)O)CC(CNC(=O)c2cc(Cl)ccc2Cl)=NO1. The molecule has 2 rings (SSSR count). The van der Waals surface area contributed by atoms with Gasteiger partial charge in [0.25, 0.3) is 11.8 Å². The molecule has 8 nitrogen and oxygen atoms in total. The number of nitrogens with zero attached hydrogens (tertiary/aromatic N) is 1. The molecule has 11 heteroatoms. The summed E-state index contributed by atoms with van der Waals surface area (Å²) in [4.78, 5) is 30.7. The lowest BCUT2D eigenvalue weighted by atomic mass is 9.74. The van der Waals surface area contributed by atoms with Crippen LogP contribution in [0.4, 0.5) is 0 Å². The van der Waals surface area contributed by atoms with Gasteiger partial charge in [-0.15, -0.1) is 0 Å². The van der Waals surface area contributed by atoms with Crippen LogP contribution in [0.5, 0.6) is 0 Å². The molecule has 0 bridgehead atoms. The third kappa shape index (κ3) is 6.10. The first-order valence-corrected chi connectivity index (χ1v) is 10.5.